The summed E-state index contributed by atoms with van der Waals surface area (Å²) >= 11 is 17.8. The van der Waals surface area contributed by atoms with Gasteiger partial charge in [0, 0.05) is 5.56 Å². The zero-order valence-electron chi connectivity index (χ0n) is 5.24. The first-order valence-corrected chi connectivity index (χ1v) is 5.21. The van der Waals surface area contributed by atoms with Gasteiger partial charge in [0.15, 0.2) is 0 Å². The molecule has 5 heteroatoms. The minimum atomic E-state index is 0.403. The van der Waals surface area contributed by atoms with Crippen LogP contribution in [0, 0.1) is 0 Å². The molecule has 1 aromatic rings. The molecule has 0 saturated heterocycles. The van der Waals surface area contributed by atoms with Crippen LogP contribution in [0.2, 0.25) is 5.02 Å². The van der Waals surface area contributed by atoms with Gasteiger partial charge in [-0.15, -0.1) is 11.6 Å². The van der Waals surface area contributed by atoms with Crippen molar-refractivity contribution in [2.45, 2.75) is 5.88 Å². The summed E-state index contributed by atoms with van der Waals surface area (Å²) in [6.07, 6.45) is 0. The van der Waals surface area contributed by atoms with Crippen molar-refractivity contribution < 1.29 is 0 Å². The SMILES string of the molecule is ClCc1cc(Cl)c(Br)nc1Br. The molecule has 0 bridgehead atoms. The van der Waals surface area contributed by atoms with E-state index in [0.29, 0.717) is 15.5 Å². The first-order valence-electron chi connectivity index (χ1n) is 2.71. The maximum atomic E-state index is 5.78. The molecule has 0 N–H and O–H groups in total. The van der Waals surface area contributed by atoms with Crippen LogP contribution in [0.3, 0.4) is 0 Å². The number of alkyl halides is 1. The Balaban J connectivity index is 3.21. The molecule has 0 aromatic carbocycles. The quantitative estimate of drug-likeness (QED) is 0.563. The van der Waals surface area contributed by atoms with Gasteiger partial charge in [-0.2, -0.15) is 0 Å². The van der Waals surface area contributed by atoms with Crippen molar-refractivity contribution in [2.24, 2.45) is 0 Å². The zero-order valence-corrected chi connectivity index (χ0v) is 9.93. The molecule has 1 nitrogen and oxygen atoms in total. The van der Waals surface area contributed by atoms with Gasteiger partial charge in [0.25, 0.3) is 0 Å². The summed E-state index contributed by atoms with van der Waals surface area (Å²) in [4.78, 5) is 4.06. The third-order valence-corrected chi connectivity index (χ3v) is 3.20. The highest BCUT2D eigenvalue weighted by Crippen LogP contribution is 2.26. The van der Waals surface area contributed by atoms with Gasteiger partial charge in [0.05, 0.1) is 10.9 Å². The minimum Gasteiger partial charge on any atom is -0.232 e. The van der Waals surface area contributed by atoms with Crippen molar-refractivity contribution in [1.82, 2.24) is 4.98 Å². The highest BCUT2D eigenvalue weighted by atomic mass is 79.9. The molecule has 1 heterocycles. The van der Waals surface area contributed by atoms with E-state index in [9.17, 15) is 0 Å². The molecule has 0 aliphatic heterocycles. The number of hydrogen-bond acceptors (Lipinski definition) is 1. The highest BCUT2D eigenvalue weighted by Gasteiger charge is 2.04. The number of hydrogen-bond donors (Lipinski definition) is 0. The van der Waals surface area contributed by atoms with Crippen LogP contribution in [0.4, 0.5) is 0 Å². The van der Waals surface area contributed by atoms with Crippen LogP contribution in [0.1, 0.15) is 5.56 Å². The van der Waals surface area contributed by atoms with Crippen molar-refractivity contribution >= 4 is 55.1 Å². The summed E-state index contributed by atoms with van der Waals surface area (Å²) in [5.41, 5.74) is 0.889. The molecule has 0 aliphatic rings. The van der Waals surface area contributed by atoms with Crippen molar-refractivity contribution in [3.05, 3.63) is 25.9 Å². The predicted octanol–water partition coefficient (Wildman–Crippen LogP) is 4.00. The van der Waals surface area contributed by atoms with Gasteiger partial charge in [-0.25, -0.2) is 4.98 Å². The molecule has 0 amide bonds. The maximum Gasteiger partial charge on any atom is 0.126 e. The van der Waals surface area contributed by atoms with Gasteiger partial charge in [0.1, 0.15) is 9.21 Å². The van der Waals surface area contributed by atoms with E-state index in [0.717, 1.165) is 10.2 Å². The van der Waals surface area contributed by atoms with Crippen LogP contribution >= 0.6 is 55.1 Å². The van der Waals surface area contributed by atoms with Crippen molar-refractivity contribution in [3.63, 3.8) is 0 Å². The van der Waals surface area contributed by atoms with Crippen molar-refractivity contribution in [2.75, 3.05) is 0 Å². The van der Waals surface area contributed by atoms with Gasteiger partial charge in [-0.1, -0.05) is 11.6 Å². The van der Waals surface area contributed by atoms with Crippen LogP contribution in [-0.4, -0.2) is 4.98 Å². The van der Waals surface area contributed by atoms with Crippen LogP contribution < -0.4 is 0 Å². The van der Waals surface area contributed by atoms with E-state index >= 15 is 0 Å². The van der Waals surface area contributed by atoms with Gasteiger partial charge >= 0.3 is 0 Å². The number of rotatable bonds is 1. The Labute approximate surface area is 91.4 Å². The average molecular weight is 320 g/mol. The van der Waals surface area contributed by atoms with E-state index in [-0.39, 0.29) is 0 Å². The molecule has 60 valence electrons. The summed E-state index contributed by atoms with van der Waals surface area (Å²) in [7, 11) is 0. The molecule has 0 radical (unpaired) electrons. The van der Waals surface area contributed by atoms with E-state index in [2.05, 4.69) is 36.8 Å². The smallest absolute Gasteiger partial charge is 0.126 e. The van der Waals surface area contributed by atoms with E-state index < -0.39 is 0 Å². The van der Waals surface area contributed by atoms with E-state index in [1.807, 2.05) is 0 Å². The third kappa shape index (κ3) is 2.31. The summed E-state index contributed by atoms with van der Waals surface area (Å²) in [6, 6.07) is 1.77. The van der Waals surface area contributed by atoms with Crippen LogP contribution in [0.5, 0.6) is 0 Å². The van der Waals surface area contributed by atoms with Crippen molar-refractivity contribution in [3.8, 4) is 0 Å². The first kappa shape index (κ1) is 9.78. The van der Waals surface area contributed by atoms with E-state index in [1.54, 1.807) is 6.07 Å². The minimum absolute atomic E-state index is 0.403. The second kappa shape index (κ2) is 4.08. The highest BCUT2D eigenvalue weighted by molar-refractivity contribution is 9.11. The zero-order chi connectivity index (χ0) is 8.43. The Bertz CT molecular complexity index is 278. The predicted molar refractivity (Wildman–Crippen MR) is 54.2 cm³/mol. The van der Waals surface area contributed by atoms with Gasteiger partial charge in [-0.3, -0.25) is 0 Å². The summed E-state index contributed by atoms with van der Waals surface area (Å²) in [5, 5.41) is 0.573. The normalized spacial score (nSPS) is 10.2. The fourth-order valence-electron chi connectivity index (χ4n) is 0.577. The second-order valence-corrected chi connectivity index (χ2v) is 4.02. The molecule has 11 heavy (non-hydrogen) atoms. The lowest BCUT2D eigenvalue weighted by molar-refractivity contribution is 1.17. The fraction of sp³-hybridized carbons (Fsp3) is 0.167. The number of aromatic nitrogens is 1. The molecular formula is C6H3Br2Cl2N. The lowest BCUT2D eigenvalue weighted by Gasteiger charge is -2.00. The first-order chi connectivity index (χ1) is 5.15. The number of pyridine rings is 1. The summed E-state index contributed by atoms with van der Waals surface area (Å²) < 4.78 is 1.35. The lowest BCUT2D eigenvalue weighted by atomic mass is 10.3. The number of halogens is 4. The Hall–Kier alpha value is 0.690. The summed E-state index contributed by atoms with van der Waals surface area (Å²) in [5.74, 6) is 0.403. The molecule has 1 rings (SSSR count). The van der Waals surface area contributed by atoms with E-state index in [4.69, 9.17) is 23.2 Å². The van der Waals surface area contributed by atoms with Crippen LogP contribution in [0.25, 0.3) is 0 Å². The molecule has 0 saturated carbocycles. The maximum absolute atomic E-state index is 5.78. The molecule has 0 atom stereocenters. The van der Waals surface area contributed by atoms with Crippen LogP contribution in [-0.2, 0) is 5.88 Å². The standard InChI is InChI=1S/C6H3Br2Cl2N/c7-5-3(2-9)1-4(10)6(8)11-5/h1H,2H2. The van der Waals surface area contributed by atoms with Crippen molar-refractivity contribution in [1.29, 1.82) is 0 Å². The molecular weight excluding hydrogens is 317 g/mol. The van der Waals surface area contributed by atoms with Crippen LogP contribution in [0.15, 0.2) is 15.3 Å². The Morgan fingerprint density at radius 2 is 2.00 bits per heavy atom. The molecule has 0 unspecified atom stereocenters. The topological polar surface area (TPSA) is 12.9 Å². The fourth-order valence-corrected chi connectivity index (χ4v) is 2.08. The third-order valence-electron chi connectivity index (χ3n) is 1.10. The average Bonchev–Trinajstić information content (AvgIpc) is 1.97. The molecule has 0 spiro atoms. The monoisotopic (exact) mass is 317 g/mol. The summed E-state index contributed by atoms with van der Waals surface area (Å²) in [6.45, 7) is 0. The van der Waals surface area contributed by atoms with Gasteiger partial charge in [0.2, 0.25) is 0 Å². The molecule has 1 aromatic heterocycles. The lowest BCUT2D eigenvalue weighted by Crippen LogP contribution is -1.86. The van der Waals surface area contributed by atoms with Gasteiger partial charge in [-0.05, 0) is 37.9 Å². The Morgan fingerprint density at radius 3 is 2.55 bits per heavy atom. The van der Waals surface area contributed by atoms with E-state index in [1.165, 1.54) is 0 Å². The number of nitrogens with zero attached hydrogens (tertiary/aromatic N) is 1. The molecule has 0 aliphatic carbocycles. The molecule has 0 fully saturated rings. The second-order valence-electron chi connectivity index (χ2n) is 1.84. The van der Waals surface area contributed by atoms with Gasteiger partial charge < -0.3 is 0 Å². The Morgan fingerprint density at radius 1 is 1.36 bits per heavy atom. The largest absolute Gasteiger partial charge is 0.232 e. The Kier molecular flexibility index (Phi) is 3.62.